The van der Waals surface area contributed by atoms with Crippen LogP contribution in [0.15, 0.2) is 30.3 Å². The lowest BCUT2D eigenvalue weighted by Gasteiger charge is -2.40. The maximum absolute atomic E-state index is 11.1. The summed E-state index contributed by atoms with van der Waals surface area (Å²) in [7, 11) is 0. The Bertz CT molecular complexity index is 462. The molecule has 2 N–H and O–H groups in total. The summed E-state index contributed by atoms with van der Waals surface area (Å²) in [6, 6.07) is 9.43. The number of aliphatic hydroxyl groups is 2. The number of hydrogen-bond donors (Lipinski definition) is 2. The summed E-state index contributed by atoms with van der Waals surface area (Å²) in [6.07, 6.45) is -4.99. The topological polar surface area (TPSA) is 85.2 Å². The van der Waals surface area contributed by atoms with E-state index in [4.69, 9.17) is 14.2 Å². The Morgan fingerprint density at radius 3 is 2.52 bits per heavy atom. The standard InChI is InChI=1S/C15H20O6/c1-9-12(17)13(18)14(21-10(2)16)15(20-9)19-8-11-6-4-3-5-7-11/h3-7,9,12-15,17-18H,8H2,1-2H3/t9-,12-,13-,14+,15+/m0/s1. The van der Waals surface area contributed by atoms with Crippen LogP contribution in [0.2, 0.25) is 0 Å². The maximum Gasteiger partial charge on any atom is 0.303 e. The molecule has 116 valence electrons. The van der Waals surface area contributed by atoms with E-state index in [-0.39, 0.29) is 6.61 Å². The van der Waals surface area contributed by atoms with Gasteiger partial charge in [-0.1, -0.05) is 30.3 Å². The van der Waals surface area contributed by atoms with Gasteiger partial charge in [0.05, 0.1) is 12.7 Å². The van der Waals surface area contributed by atoms with E-state index in [1.807, 2.05) is 30.3 Å². The van der Waals surface area contributed by atoms with Gasteiger partial charge in [0.25, 0.3) is 0 Å². The molecule has 1 aromatic rings. The van der Waals surface area contributed by atoms with Crippen LogP contribution in [0, 0.1) is 0 Å². The van der Waals surface area contributed by atoms with Gasteiger partial charge in [0, 0.05) is 6.92 Å². The fraction of sp³-hybridized carbons (Fsp3) is 0.533. The van der Waals surface area contributed by atoms with Crippen LogP contribution in [0.4, 0.5) is 0 Å². The van der Waals surface area contributed by atoms with Crippen LogP contribution in [0.25, 0.3) is 0 Å². The van der Waals surface area contributed by atoms with Gasteiger partial charge in [0.2, 0.25) is 0 Å². The average molecular weight is 296 g/mol. The minimum atomic E-state index is -1.25. The van der Waals surface area contributed by atoms with Crippen molar-refractivity contribution < 1.29 is 29.2 Å². The van der Waals surface area contributed by atoms with Crippen LogP contribution in [0.5, 0.6) is 0 Å². The van der Waals surface area contributed by atoms with Crippen LogP contribution >= 0.6 is 0 Å². The molecule has 0 spiro atoms. The Kier molecular flexibility index (Phi) is 5.30. The van der Waals surface area contributed by atoms with Crippen molar-refractivity contribution in [3.05, 3.63) is 35.9 Å². The molecule has 6 nitrogen and oxygen atoms in total. The predicted molar refractivity (Wildman–Crippen MR) is 73.1 cm³/mol. The van der Waals surface area contributed by atoms with E-state index in [2.05, 4.69) is 0 Å². The van der Waals surface area contributed by atoms with Crippen LogP contribution < -0.4 is 0 Å². The smallest absolute Gasteiger partial charge is 0.303 e. The summed E-state index contributed by atoms with van der Waals surface area (Å²) in [6.45, 7) is 3.10. The molecule has 0 aliphatic carbocycles. The van der Waals surface area contributed by atoms with Gasteiger partial charge in [-0.3, -0.25) is 4.79 Å². The number of aliphatic hydroxyl groups excluding tert-OH is 2. The summed E-state index contributed by atoms with van der Waals surface area (Å²) < 4.78 is 16.1. The van der Waals surface area contributed by atoms with Gasteiger partial charge in [-0.05, 0) is 12.5 Å². The first-order chi connectivity index (χ1) is 9.99. The monoisotopic (exact) mass is 296 g/mol. The lowest BCUT2D eigenvalue weighted by molar-refractivity contribution is -0.299. The molecule has 0 aromatic heterocycles. The second kappa shape index (κ2) is 7.00. The molecule has 0 radical (unpaired) electrons. The minimum Gasteiger partial charge on any atom is -0.454 e. The van der Waals surface area contributed by atoms with E-state index in [9.17, 15) is 15.0 Å². The molecule has 1 aliphatic rings. The van der Waals surface area contributed by atoms with Gasteiger partial charge >= 0.3 is 5.97 Å². The predicted octanol–water partition coefficient (Wildman–Crippen LogP) is 0.601. The Balaban J connectivity index is 2.04. The van der Waals surface area contributed by atoms with Gasteiger partial charge in [0.1, 0.15) is 12.2 Å². The Morgan fingerprint density at radius 2 is 1.90 bits per heavy atom. The van der Waals surface area contributed by atoms with Crippen molar-refractivity contribution in [2.45, 2.75) is 51.2 Å². The molecule has 0 unspecified atom stereocenters. The number of rotatable bonds is 4. The van der Waals surface area contributed by atoms with E-state index in [1.165, 1.54) is 6.92 Å². The Morgan fingerprint density at radius 1 is 1.24 bits per heavy atom. The van der Waals surface area contributed by atoms with Crippen molar-refractivity contribution in [1.29, 1.82) is 0 Å². The molecule has 21 heavy (non-hydrogen) atoms. The molecule has 2 rings (SSSR count). The van der Waals surface area contributed by atoms with Gasteiger partial charge in [0.15, 0.2) is 12.4 Å². The van der Waals surface area contributed by atoms with Crippen LogP contribution in [-0.4, -0.2) is 46.9 Å². The quantitative estimate of drug-likeness (QED) is 0.792. The molecular weight excluding hydrogens is 276 g/mol. The highest BCUT2D eigenvalue weighted by molar-refractivity contribution is 5.66. The van der Waals surface area contributed by atoms with Gasteiger partial charge in [-0.15, -0.1) is 0 Å². The molecule has 1 fully saturated rings. The third kappa shape index (κ3) is 4.01. The fourth-order valence-corrected chi connectivity index (χ4v) is 2.21. The first-order valence-corrected chi connectivity index (χ1v) is 6.83. The SMILES string of the molecule is CC(=O)O[C@H]1[C@H](OCc2ccccc2)O[C@@H](C)[C@H](O)[C@@H]1O. The zero-order chi connectivity index (χ0) is 15.4. The summed E-state index contributed by atoms with van der Waals surface area (Å²) >= 11 is 0. The molecule has 1 aromatic carbocycles. The van der Waals surface area contributed by atoms with Crippen LogP contribution in [0.1, 0.15) is 19.4 Å². The van der Waals surface area contributed by atoms with Crippen molar-refractivity contribution in [2.75, 3.05) is 0 Å². The van der Waals surface area contributed by atoms with Crippen molar-refractivity contribution in [3.63, 3.8) is 0 Å². The molecule has 5 atom stereocenters. The van der Waals surface area contributed by atoms with E-state index in [0.29, 0.717) is 0 Å². The van der Waals surface area contributed by atoms with Crippen molar-refractivity contribution >= 4 is 5.97 Å². The lowest BCUT2D eigenvalue weighted by atomic mass is 10.00. The van der Waals surface area contributed by atoms with Gasteiger partial charge in [-0.25, -0.2) is 0 Å². The van der Waals surface area contributed by atoms with Crippen molar-refractivity contribution in [2.24, 2.45) is 0 Å². The third-order valence-electron chi connectivity index (χ3n) is 3.34. The van der Waals surface area contributed by atoms with Crippen LogP contribution in [-0.2, 0) is 25.6 Å². The first-order valence-electron chi connectivity index (χ1n) is 6.83. The highest BCUT2D eigenvalue weighted by atomic mass is 16.7. The summed E-state index contributed by atoms with van der Waals surface area (Å²) in [5.41, 5.74) is 0.927. The van der Waals surface area contributed by atoms with Gasteiger partial charge < -0.3 is 24.4 Å². The summed E-state index contributed by atoms with van der Waals surface area (Å²) in [4.78, 5) is 11.1. The molecule has 6 heteroatoms. The van der Waals surface area contributed by atoms with Crippen molar-refractivity contribution in [1.82, 2.24) is 0 Å². The third-order valence-corrected chi connectivity index (χ3v) is 3.34. The van der Waals surface area contributed by atoms with E-state index in [1.54, 1.807) is 6.92 Å². The van der Waals surface area contributed by atoms with Crippen LogP contribution in [0.3, 0.4) is 0 Å². The number of hydrogen-bond acceptors (Lipinski definition) is 6. The van der Waals surface area contributed by atoms with E-state index < -0.39 is 36.7 Å². The highest BCUT2D eigenvalue weighted by Gasteiger charge is 2.45. The second-order valence-corrected chi connectivity index (χ2v) is 5.06. The first kappa shape index (κ1) is 15.9. The Labute approximate surface area is 123 Å². The zero-order valence-electron chi connectivity index (χ0n) is 12.0. The largest absolute Gasteiger partial charge is 0.454 e. The maximum atomic E-state index is 11.1. The molecule has 0 bridgehead atoms. The van der Waals surface area contributed by atoms with E-state index >= 15 is 0 Å². The summed E-state index contributed by atoms with van der Waals surface area (Å²) in [5, 5.41) is 19.8. The Hall–Kier alpha value is -1.47. The normalized spacial score (nSPS) is 32.7. The molecule has 1 aliphatic heterocycles. The molecule has 0 amide bonds. The second-order valence-electron chi connectivity index (χ2n) is 5.06. The molecule has 1 saturated heterocycles. The molecular formula is C15H20O6. The van der Waals surface area contributed by atoms with Gasteiger partial charge in [-0.2, -0.15) is 0 Å². The number of carbonyl (C=O) groups is 1. The average Bonchev–Trinajstić information content (AvgIpc) is 2.47. The van der Waals surface area contributed by atoms with Crippen molar-refractivity contribution in [3.8, 4) is 0 Å². The summed E-state index contributed by atoms with van der Waals surface area (Å²) in [5.74, 6) is -0.572. The van der Waals surface area contributed by atoms with E-state index in [0.717, 1.165) is 5.56 Å². The minimum absolute atomic E-state index is 0.249. The number of carbonyl (C=O) groups excluding carboxylic acids is 1. The number of benzene rings is 1. The molecule has 0 saturated carbocycles. The lowest BCUT2D eigenvalue weighted by Crippen LogP contribution is -2.58. The zero-order valence-corrected chi connectivity index (χ0v) is 12.0. The molecule has 1 heterocycles. The highest BCUT2D eigenvalue weighted by Crippen LogP contribution is 2.25. The fourth-order valence-electron chi connectivity index (χ4n) is 2.21. The number of esters is 1. The number of ether oxygens (including phenoxy) is 3.